The number of benzene rings is 1. The van der Waals surface area contributed by atoms with Gasteiger partial charge in [0.15, 0.2) is 0 Å². The first-order valence-corrected chi connectivity index (χ1v) is 8.96. The third-order valence-electron chi connectivity index (χ3n) is 4.16. The molecule has 1 aromatic rings. The van der Waals surface area contributed by atoms with E-state index in [1.54, 1.807) is 6.07 Å². The molecule has 1 saturated heterocycles. The van der Waals surface area contributed by atoms with E-state index in [0.717, 1.165) is 37.2 Å². The summed E-state index contributed by atoms with van der Waals surface area (Å²) in [5, 5.41) is 0. The molecule has 5 nitrogen and oxygen atoms in total. The fraction of sp³-hybridized carbons (Fsp3) is 0.600. The van der Waals surface area contributed by atoms with Gasteiger partial charge in [-0.25, -0.2) is 13.1 Å². The van der Waals surface area contributed by atoms with Crippen LogP contribution in [0.4, 0.5) is 0 Å². The Hall–Kier alpha value is -0.950. The molecule has 1 aliphatic heterocycles. The second kappa shape index (κ2) is 6.87. The molecule has 1 unspecified atom stereocenters. The van der Waals surface area contributed by atoms with Crippen LogP contribution >= 0.6 is 0 Å². The Morgan fingerprint density at radius 2 is 2.19 bits per heavy atom. The Kier molecular flexibility index (Phi) is 5.37. The molecule has 0 aromatic heterocycles. The molecule has 1 aliphatic rings. The smallest absolute Gasteiger partial charge is 0.240 e. The summed E-state index contributed by atoms with van der Waals surface area (Å²) < 4.78 is 27.7. The minimum atomic E-state index is -3.46. The van der Waals surface area contributed by atoms with Gasteiger partial charge in [-0.2, -0.15) is 0 Å². The molecule has 1 aromatic carbocycles. The van der Waals surface area contributed by atoms with Gasteiger partial charge in [0, 0.05) is 19.6 Å². The van der Waals surface area contributed by atoms with Gasteiger partial charge < -0.3 is 10.6 Å². The van der Waals surface area contributed by atoms with Gasteiger partial charge in [-0.1, -0.05) is 19.1 Å². The number of nitrogens with one attached hydrogen (secondary N) is 1. The van der Waals surface area contributed by atoms with E-state index in [2.05, 4.69) is 16.5 Å². The second-order valence-electron chi connectivity index (χ2n) is 5.70. The summed E-state index contributed by atoms with van der Waals surface area (Å²) in [5.41, 5.74) is 7.18. The molecule has 0 radical (unpaired) electrons. The third kappa shape index (κ3) is 4.03. The van der Waals surface area contributed by atoms with Crippen LogP contribution in [0.15, 0.2) is 23.1 Å². The molecule has 1 atom stereocenters. The van der Waals surface area contributed by atoms with Crippen molar-refractivity contribution >= 4 is 10.0 Å². The third-order valence-corrected chi connectivity index (χ3v) is 5.72. The quantitative estimate of drug-likeness (QED) is 0.824. The second-order valence-corrected chi connectivity index (χ2v) is 7.44. The van der Waals surface area contributed by atoms with E-state index in [-0.39, 0.29) is 0 Å². The first kappa shape index (κ1) is 16.4. The van der Waals surface area contributed by atoms with Crippen LogP contribution in [0.25, 0.3) is 0 Å². The van der Waals surface area contributed by atoms with Gasteiger partial charge in [0.05, 0.1) is 4.90 Å². The Bertz CT molecular complexity index is 587. The lowest BCUT2D eigenvalue weighted by molar-refractivity contribution is 0.342. The number of aryl methyl sites for hydroxylation is 1. The molecular weight excluding hydrogens is 286 g/mol. The standard InChI is InChI=1S/C15H25N3O2S/c1-3-18-7-6-14(11-18)10-17-21(19,20)15-8-13(9-16)5-4-12(15)2/h4-5,8,14,17H,3,6-7,9-11,16H2,1-2H3. The van der Waals surface area contributed by atoms with Crippen LogP contribution in [0.5, 0.6) is 0 Å². The van der Waals surface area contributed by atoms with Gasteiger partial charge in [-0.15, -0.1) is 0 Å². The summed E-state index contributed by atoms with van der Waals surface area (Å²) >= 11 is 0. The SMILES string of the molecule is CCN1CCC(CNS(=O)(=O)c2cc(CN)ccc2C)C1. The van der Waals surface area contributed by atoms with Crippen LogP contribution < -0.4 is 10.5 Å². The molecule has 118 valence electrons. The fourth-order valence-corrected chi connectivity index (χ4v) is 4.14. The summed E-state index contributed by atoms with van der Waals surface area (Å²) in [4.78, 5) is 2.69. The van der Waals surface area contributed by atoms with Crippen molar-refractivity contribution in [1.82, 2.24) is 9.62 Å². The molecule has 2 rings (SSSR count). The first-order chi connectivity index (χ1) is 9.96. The highest BCUT2D eigenvalue weighted by molar-refractivity contribution is 7.89. The number of sulfonamides is 1. The summed E-state index contributed by atoms with van der Waals surface area (Å²) in [6.07, 6.45) is 1.05. The number of hydrogen-bond acceptors (Lipinski definition) is 4. The van der Waals surface area contributed by atoms with Gasteiger partial charge in [-0.3, -0.25) is 0 Å². The molecule has 0 amide bonds. The lowest BCUT2D eigenvalue weighted by Gasteiger charge is -2.15. The summed E-state index contributed by atoms with van der Waals surface area (Å²) in [7, 11) is -3.46. The molecule has 0 aliphatic carbocycles. The van der Waals surface area contributed by atoms with Gasteiger partial charge in [0.25, 0.3) is 0 Å². The number of nitrogens with two attached hydrogens (primary N) is 1. The monoisotopic (exact) mass is 311 g/mol. The Morgan fingerprint density at radius 3 is 2.81 bits per heavy atom. The van der Waals surface area contributed by atoms with E-state index < -0.39 is 10.0 Å². The van der Waals surface area contributed by atoms with E-state index >= 15 is 0 Å². The van der Waals surface area contributed by atoms with Gasteiger partial charge >= 0.3 is 0 Å². The Balaban J connectivity index is 2.05. The van der Waals surface area contributed by atoms with Crippen LogP contribution in [0, 0.1) is 12.8 Å². The van der Waals surface area contributed by atoms with Crippen molar-refractivity contribution in [1.29, 1.82) is 0 Å². The molecule has 1 heterocycles. The molecule has 3 N–H and O–H groups in total. The summed E-state index contributed by atoms with van der Waals surface area (Å²) in [6.45, 7) is 7.85. The topological polar surface area (TPSA) is 75.4 Å². The number of rotatable bonds is 6. The zero-order valence-electron chi connectivity index (χ0n) is 12.8. The highest BCUT2D eigenvalue weighted by Gasteiger charge is 2.24. The van der Waals surface area contributed by atoms with Crippen LogP contribution in [0.3, 0.4) is 0 Å². The minimum Gasteiger partial charge on any atom is -0.326 e. The Labute approximate surface area is 127 Å². The van der Waals surface area contributed by atoms with Crippen molar-refractivity contribution in [2.75, 3.05) is 26.2 Å². The molecule has 0 saturated carbocycles. The predicted molar refractivity (Wildman–Crippen MR) is 84.5 cm³/mol. The largest absolute Gasteiger partial charge is 0.326 e. The van der Waals surface area contributed by atoms with E-state index in [1.807, 2.05) is 19.1 Å². The van der Waals surface area contributed by atoms with Crippen molar-refractivity contribution in [3.8, 4) is 0 Å². The highest BCUT2D eigenvalue weighted by atomic mass is 32.2. The minimum absolute atomic E-state index is 0.343. The van der Waals surface area contributed by atoms with Crippen molar-refractivity contribution in [3.05, 3.63) is 29.3 Å². The predicted octanol–water partition coefficient (Wildman–Crippen LogP) is 1.07. The van der Waals surface area contributed by atoms with Crippen LogP contribution in [0.1, 0.15) is 24.5 Å². The van der Waals surface area contributed by atoms with Crippen LogP contribution in [0.2, 0.25) is 0 Å². The lowest BCUT2D eigenvalue weighted by atomic mass is 10.1. The van der Waals surface area contributed by atoms with Crippen LogP contribution in [-0.2, 0) is 16.6 Å². The molecule has 21 heavy (non-hydrogen) atoms. The first-order valence-electron chi connectivity index (χ1n) is 7.48. The van der Waals surface area contributed by atoms with E-state index in [4.69, 9.17) is 5.73 Å². The molecule has 6 heteroatoms. The average Bonchev–Trinajstić information content (AvgIpc) is 2.94. The van der Waals surface area contributed by atoms with E-state index in [0.29, 0.717) is 23.9 Å². The maximum Gasteiger partial charge on any atom is 0.240 e. The Morgan fingerprint density at radius 1 is 1.43 bits per heavy atom. The summed E-state index contributed by atoms with van der Waals surface area (Å²) in [5.74, 6) is 0.401. The summed E-state index contributed by atoms with van der Waals surface area (Å²) in [6, 6.07) is 5.35. The fourth-order valence-electron chi connectivity index (χ4n) is 2.73. The zero-order chi connectivity index (χ0) is 15.5. The zero-order valence-corrected chi connectivity index (χ0v) is 13.6. The van der Waals surface area contributed by atoms with E-state index in [9.17, 15) is 8.42 Å². The number of hydrogen-bond donors (Lipinski definition) is 2. The van der Waals surface area contributed by atoms with Crippen LogP contribution in [-0.4, -0.2) is 39.5 Å². The normalized spacial score (nSPS) is 20.0. The maximum absolute atomic E-state index is 12.5. The number of nitrogens with zero attached hydrogens (tertiary/aromatic N) is 1. The van der Waals surface area contributed by atoms with Crippen molar-refractivity contribution in [2.24, 2.45) is 11.7 Å². The average molecular weight is 311 g/mol. The van der Waals surface area contributed by atoms with Gasteiger partial charge in [-0.05, 0) is 49.5 Å². The number of likely N-dealkylation sites (tertiary alicyclic amines) is 1. The van der Waals surface area contributed by atoms with Gasteiger partial charge in [0.1, 0.15) is 0 Å². The maximum atomic E-state index is 12.5. The highest BCUT2D eigenvalue weighted by Crippen LogP contribution is 2.19. The van der Waals surface area contributed by atoms with Gasteiger partial charge in [0.2, 0.25) is 10.0 Å². The molecular formula is C15H25N3O2S. The van der Waals surface area contributed by atoms with Crippen molar-refractivity contribution in [2.45, 2.75) is 31.7 Å². The van der Waals surface area contributed by atoms with Crippen molar-refractivity contribution in [3.63, 3.8) is 0 Å². The van der Waals surface area contributed by atoms with E-state index in [1.165, 1.54) is 0 Å². The molecule has 0 bridgehead atoms. The van der Waals surface area contributed by atoms with Crippen molar-refractivity contribution < 1.29 is 8.42 Å². The molecule has 1 fully saturated rings. The lowest BCUT2D eigenvalue weighted by Crippen LogP contribution is -2.31. The molecule has 0 spiro atoms.